The Hall–Kier alpha value is -0.100. The first-order valence-corrected chi connectivity index (χ1v) is 7.01. The van der Waals surface area contributed by atoms with Gasteiger partial charge in [0.1, 0.15) is 0 Å². The third-order valence-electron chi connectivity index (χ3n) is 2.94. The second kappa shape index (κ2) is 6.59. The van der Waals surface area contributed by atoms with Gasteiger partial charge >= 0.3 is 0 Å². The third-order valence-corrected chi connectivity index (χ3v) is 3.84. The lowest BCUT2D eigenvalue weighted by Crippen LogP contribution is -2.14. The lowest BCUT2D eigenvalue weighted by molar-refractivity contribution is 0.0455. The number of halogens is 1. The summed E-state index contributed by atoms with van der Waals surface area (Å²) in [7, 11) is 0. The summed E-state index contributed by atoms with van der Waals surface area (Å²) in [6.07, 6.45) is 4.38. The number of aromatic nitrogens is 2. The molecular formula is C12H21IN2O. The molecule has 0 aliphatic heterocycles. The van der Waals surface area contributed by atoms with Crippen LogP contribution in [0.25, 0.3) is 0 Å². The maximum absolute atomic E-state index is 5.79. The molecule has 0 unspecified atom stereocenters. The average molecular weight is 336 g/mol. The molecule has 0 saturated heterocycles. The van der Waals surface area contributed by atoms with Gasteiger partial charge in [-0.25, -0.2) is 0 Å². The van der Waals surface area contributed by atoms with Gasteiger partial charge in [-0.05, 0) is 49.3 Å². The molecule has 0 N–H and O–H groups in total. The zero-order valence-corrected chi connectivity index (χ0v) is 12.7. The molecule has 1 aromatic heterocycles. The van der Waals surface area contributed by atoms with Gasteiger partial charge in [0.15, 0.2) is 0 Å². The molecule has 0 fully saturated rings. The molecule has 0 amide bonds. The highest BCUT2D eigenvalue weighted by Crippen LogP contribution is 2.19. The molecule has 1 heterocycles. The van der Waals surface area contributed by atoms with Crippen molar-refractivity contribution in [3.63, 3.8) is 0 Å². The molecule has 3 nitrogen and oxygen atoms in total. The largest absolute Gasteiger partial charge is 0.372 e. The van der Waals surface area contributed by atoms with Crippen LogP contribution in [0.15, 0.2) is 6.20 Å². The van der Waals surface area contributed by atoms with Crippen LogP contribution in [0.3, 0.4) is 0 Å². The van der Waals surface area contributed by atoms with Crippen LogP contribution in [0.5, 0.6) is 0 Å². The van der Waals surface area contributed by atoms with E-state index in [-0.39, 0.29) is 0 Å². The summed E-state index contributed by atoms with van der Waals surface area (Å²) in [5, 5.41) is 4.42. The fourth-order valence-corrected chi connectivity index (χ4v) is 1.92. The Labute approximate surface area is 112 Å². The minimum atomic E-state index is 0.316. The number of ether oxygens (including phenoxy) is 1. The summed E-state index contributed by atoms with van der Waals surface area (Å²) in [6.45, 7) is 9.28. The van der Waals surface area contributed by atoms with Gasteiger partial charge in [0.2, 0.25) is 0 Å². The van der Waals surface area contributed by atoms with Crippen molar-refractivity contribution in [1.29, 1.82) is 0 Å². The fraction of sp³-hybridized carbons (Fsp3) is 0.750. The number of rotatable bonds is 6. The predicted octanol–water partition coefficient (Wildman–Crippen LogP) is 3.77. The summed E-state index contributed by atoms with van der Waals surface area (Å²) in [5.74, 6) is 0. The van der Waals surface area contributed by atoms with Gasteiger partial charge in [0, 0.05) is 6.04 Å². The van der Waals surface area contributed by atoms with Crippen LogP contribution in [0.2, 0.25) is 0 Å². The molecule has 0 aromatic carbocycles. The predicted molar refractivity (Wildman–Crippen MR) is 74.5 cm³/mol. The molecule has 0 radical (unpaired) electrons. The summed E-state index contributed by atoms with van der Waals surface area (Å²) >= 11 is 2.33. The monoisotopic (exact) mass is 336 g/mol. The van der Waals surface area contributed by atoms with Crippen LogP contribution in [0, 0.1) is 3.57 Å². The van der Waals surface area contributed by atoms with E-state index in [9.17, 15) is 0 Å². The molecule has 1 rings (SSSR count). The average Bonchev–Trinajstić information content (AvgIpc) is 2.66. The Morgan fingerprint density at radius 1 is 1.38 bits per heavy atom. The van der Waals surface area contributed by atoms with Crippen molar-refractivity contribution < 1.29 is 4.74 Å². The summed E-state index contributed by atoms with van der Waals surface area (Å²) < 4.78 is 9.07. The molecular weight excluding hydrogens is 315 g/mol. The molecule has 0 aliphatic rings. The Kier molecular flexibility index (Phi) is 5.75. The standard InChI is InChI=1S/C12H21IN2O/c1-5-9(3)15-12(11(13)7-14-15)8-16-10(4)6-2/h7,9-10H,5-6,8H2,1-4H3/t9-,10-/m1/s1. The highest BCUT2D eigenvalue weighted by molar-refractivity contribution is 14.1. The fourth-order valence-electron chi connectivity index (χ4n) is 1.39. The number of hydrogen-bond donors (Lipinski definition) is 0. The summed E-state index contributed by atoms with van der Waals surface area (Å²) in [4.78, 5) is 0. The van der Waals surface area contributed by atoms with Crippen molar-refractivity contribution in [1.82, 2.24) is 9.78 Å². The highest BCUT2D eigenvalue weighted by atomic mass is 127. The van der Waals surface area contributed by atoms with Gasteiger partial charge < -0.3 is 4.74 Å². The van der Waals surface area contributed by atoms with Gasteiger partial charge in [-0.2, -0.15) is 5.10 Å². The number of hydrogen-bond acceptors (Lipinski definition) is 2. The summed E-state index contributed by atoms with van der Waals surface area (Å²) in [5.41, 5.74) is 1.20. The smallest absolute Gasteiger partial charge is 0.0899 e. The van der Waals surface area contributed by atoms with E-state index in [4.69, 9.17) is 4.74 Å². The quantitative estimate of drug-likeness (QED) is 0.740. The lowest BCUT2D eigenvalue weighted by Gasteiger charge is -2.16. The first kappa shape index (κ1) is 14.0. The Morgan fingerprint density at radius 2 is 2.06 bits per heavy atom. The van der Waals surface area contributed by atoms with E-state index >= 15 is 0 Å². The van der Waals surface area contributed by atoms with Crippen LogP contribution in [0.1, 0.15) is 52.3 Å². The van der Waals surface area contributed by atoms with Crippen LogP contribution in [-0.2, 0) is 11.3 Å². The first-order valence-electron chi connectivity index (χ1n) is 5.93. The first-order chi connectivity index (χ1) is 7.60. The van der Waals surface area contributed by atoms with Crippen LogP contribution in [0.4, 0.5) is 0 Å². The van der Waals surface area contributed by atoms with E-state index in [0.29, 0.717) is 18.8 Å². The van der Waals surface area contributed by atoms with E-state index in [0.717, 1.165) is 12.8 Å². The Morgan fingerprint density at radius 3 is 2.62 bits per heavy atom. The molecule has 0 bridgehead atoms. The third kappa shape index (κ3) is 3.45. The highest BCUT2D eigenvalue weighted by Gasteiger charge is 2.13. The van der Waals surface area contributed by atoms with Gasteiger partial charge in [0.05, 0.1) is 28.2 Å². The van der Waals surface area contributed by atoms with Crippen molar-refractivity contribution in [2.45, 2.75) is 59.3 Å². The molecule has 0 spiro atoms. The van der Waals surface area contributed by atoms with E-state index in [1.165, 1.54) is 9.26 Å². The van der Waals surface area contributed by atoms with Crippen LogP contribution >= 0.6 is 22.6 Å². The molecule has 92 valence electrons. The van der Waals surface area contributed by atoms with Gasteiger partial charge in [-0.3, -0.25) is 4.68 Å². The second-order valence-electron chi connectivity index (χ2n) is 4.17. The Bertz CT molecular complexity index is 325. The zero-order chi connectivity index (χ0) is 12.1. The zero-order valence-electron chi connectivity index (χ0n) is 10.5. The lowest BCUT2D eigenvalue weighted by atomic mass is 10.2. The van der Waals surface area contributed by atoms with E-state index in [1.54, 1.807) is 0 Å². The Balaban J connectivity index is 2.73. The molecule has 0 saturated carbocycles. The SMILES string of the molecule is CC[C@@H](C)OCc1c(I)cnn1[C@H](C)CC. The van der Waals surface area contributed by atoms with Crippen molar-refractivity contribution in [3.8, 4) is 0 Å². The van der Waals surface area contributed by atoms with E-state index in [2.05, 4.69) is 60.1 Å². The maximum Gasteiger partial charge on any atom is 0.0899 e. The normalized spacial score (nSPS) is 15.1. The van der Waals surface area contributed by atoms with Crippen molar-refractivity contribution >= 4 is 22.6 Å². The maximum atomic E-state index is 5.79. The second-order valence-corrected chi connectivity index (χ2v) is 5.33. The molecule has 2 atom stereocenters. The molecule has 16 heavy (non-hydrogen) atoms. The molecule has 0 aliphatic carbocycles. The van der Waals surface area contributed by atoms with E-state index < -0.39 is 0 Å². The van der Waals surface area contributed by atoms with Crippen molar-refractivity contribution in [2.75, 3.05) is 0 Å². The minimum Gasteiger partial charge on any atom is -0.372 e. The minimum absolute atomic E-state index is 0.316. The summed E-state index contributed by atoms with van der Waals surface area (Å²) in [6, 6.07) is 0.444. The topological polar surface area (TPSA) is 27.1 Å². The number of nitrogens with zero attached hydrogens (tertiary/aromatic N) is 2. The van der Waals surface area contributed by atoms with Gasteiger partial charge in [-0.15, -0.1) is 0 Å². The van der Waals surface area contributed by atoms with Crippen molar-refractivity contribution in [2.24, 2.45) is 0 Å². The van der Waals surface area contributed by atoms with Crippen molar-refractivity contribution in [3.05, 3.63) is 15.5 Å². The van der Waals surface area contributed by atoms with Gasteiger partial charge in [0.25, 0.3) is 0 Å². The van der Waals surface area contributed by atoms with Crippen LogP contribution < -0.4 is 0 Å². The van der Waals surface area contributed by atoms with E-state index in [1.807, 2.05) is 6.20 Å². The molecule has 1 aromatic rings. The van der Waals surface area contributed by atoms with Crippen LogP contribution in [-0.4, -0.2) is 15.9 Å². The molecule has 4 heteroatoms. The van der Waals surface area contributed by atoms with Gasteiger partial charge in [-0.1, -0.05) is 13.8 Å².